The highest BCUT2D eigenvalue weighted by molar-refractivity contribution is 5.94. The predicted octanol–water partition coefficient (Wildman–Crippen LogP) is 3.73. The van der Waals surface area contributed by atoms with E-state index in [2.05, 4.69) is 17.4 Å². The number of nitrogens with zero attached hydrogens (tertiary/aromatic N) is 1. The molecule has 2 aromatic carbocycles. The van der Waals surface area contributed by atoms with Gasteiger partial charge in [0.05, 0.1) is 6.04 Å². The molecule has 2 aromatic rings. The van der Waals surface area contributed by atoms with Gasteiger partial charge < -0.3 is 21.1 Å². The molecule has 0 saturated carbocycles. The van der Waals surface area contributed by atoms with Crippen LogP contribution in [0.1, 0.15) is 37.4 Å². The summed E-state index contributed by atoms with van der Waals surface area (Å²) in [6.07, 6.45) is 0.309. The van der Waals surface area contributed by atoms with E-state index in [-0.39, 0.29) is 30.4 Å². The van der Waals surface area contributed by atoms with Crippen LogP contribution in [-0.4, -0.2) is 29.7 Å². The molecule has 6 nitrogen and oxygen atoms in total. The van der Waals surface area contributed by atoms with Gasteiger partial charge in [0, 0.05) is 18.7 Å². The third kappa shape index (κ3) is 4.46. The van der Waals surface area contributed by atoms with E-state index in [0.29, 0.717) is 13.0 Å². The maximum Gasteiger partial charge on any atom is 0.405 e. The first-order chi connectivity index (χ1) is 12.9. The Labute approximate surface area is 171 Å². The molecular weight excluding hydrogens is 378 g/mol. The topological polar surface area (TPSA) is 95.7 Å². The molecule has 0 unspecified atom stereocenters. The molecule has 0 aromatic heterocycles. The lowest BCUT2D eigenvalue weighted by Crippen LogP contribution is -2.45. The molecule has 0 fully saturated rings. The number of nitrogens with two attached hydrogens (primary N) is 1. The molecule has 0 bridgehead atoms. The van der Waals surface area contributed by atoms with E-state index in [1.54, 1.807) is 4.90 Å². The Bertz CT molecular complexity index is 854. The molecule has 0 spiro atoms. The highest BCUT2D eigenvalue weighted by atomic mass is 35.5. The lowest BCUT2D eigenvalue weighted by molar-refractivity contribution is -0.117. The van der Waals surface area contributed by atoms with Crippen LogP contribution in [0, 0.1) is 0 Å². The minimum atomic E-state index is -1.06. The van der Waals surface area contributed by atoms with Crippen LogP contribution >= 0.6 is 12.4 Å². The van der Waals surface area contributed by atoms with Crippen LogP contribution in [0.5, 0.6) is 0 Å². The molecule has 2 amide bonds. The van der Waals surface area contributed by atoms with Crippen molar-refractivity contribution in [3.63, 3.8) is 0 Å². The van der Waals surface area contributed by atoms with Crippen molar-refractivity contribution < 1.29 is 14.7 Å². The number of rotatable bonds is 4. The Morgan fingerprint density at radius 1 is 1.18 bits per heavy atom. The average Bonchev–Trinajstić information content (AvgIpc) is 2.61. The molecule has 4 N–H and O–H groups in total. The second-order valence-corrected chi connectivity index (χ2v) is 6.99. The van der Waals surface area contributed by atoms with Crippen LogP contribution in [0.2, 0.25) is 0 Å². The van der Waals surface area contributed by atoms with Gasteiger partial charge in [-0.2, -0.15) is 0 Å². The molecule has 28 heavy (non-hydrogen) atoms. The Balaban J connectivity index is 0.00000280. The van der Waals surface area contributed by atoms with Crippen molar-refractivity contribution in [3.8, 4) is 11.1 Å². The fourth-order valence-corrected chi connectivity index (χ4v) is 3.84. The largest absolute Gasteiger partial charge is 0.465 e. The van der Waals surface area contributed by atoms with Gasteiger partial charge in [0.2, 0.25) is 5.91 Å². The Hall–Kier alpha value is -2.57. The maximum atomic E-state index is 12.1. The first kappa shape index (κ1) is 21.7. The number of hydrogen-bond acceptors (Lipinski definition) is 3. The van der Waals surface area contributed by atoms with E-state index in [4.69, 9.17) is 5.73 Å². The predicted molar refractivity (Wildman–Crippen MR) is 113 cm³/mol. The van der Waals surface area contributed by atoms with Crippen molar-refractivity contribution in [1.82, 2.24) is 5.32 Å². The molecule has 3 rings (SSSR count). The first-order valence-corrected chi connectivity index (χ1v) is 9.13. The summed E-state index contributed by atoms with van der Waals surface area (Å²) in [5, 5.41) is 11.8. The Morgan fingerprint density at radius 3 is 2.39 bits per heavy atom. The van der Waals surface area contributed by atoms with Crippen molar-refractivity contribution in [1.29, 1.82) is 0 Å². The van der Waals surface area contributed by atoms with E-state index in [1.807, 2.05) is 37.3 Å². The quantitative estimate of drug-likeness (QED) is 0.724. The van der Waals surface area contributed by atoms with Crippen molar-refractivity contribution in [2.45, 2.75) is 38.8 Å². The van der Waals surface area contributed by atoms with Gasteiger partial charge in [-0.1, -0.05) is 30.3 Å². The number of carbonyl (C=O) groups excluding carboxylic acids is 1. The summed E-state index contributed by atoms with van der Waals surface area (Å²) >= 11 is 0. The first-order valence-electron chi connectivity index (χ1n) is 9.13. The second kappa shape index (κ2) is 9.08. The number of anilines is 1. The van der Waals surface area contributed by atoms with Crippen molar-refractivity contribution in [2.24, 2.45) is 5.73 Å². The summed E-state index contributed by atoms with van der Waals surface area (Å²) in [6, 6.07) is 13.6. The van der Waals surface area contributed by atoms with Crippen LogP contribution < -0.4 is 16.0 Å². The monoisotopic (exact) mass is 403 g/mol. The molecule has 0 saturated heterocycles. The standard InChI is InChI=1S/C21H25N3O3.ClH/c1-13-11-19(23-21(26)27)18-12-17(7-8-20(18)24(13)14(2)25)16-5-3-15(4-6-16)9-10-22;/h3-8,12-13,19,23H,9-11,22H2,1-2H3,(H,26,27);1H/t13-,19+;/m0./s1. The van der Waals surface area contributed by atoms with E-state index < -0.39 is 6.09 Å². The SMILES string of the molecule is CC(=O)N1c2ccc(-c3ccc(CCN)cc3)cc2[C@H](NC(=O)O)C[C@@H]1C.Cl. The summed E-state index contributed by atoms with van der Waals surface area (Å²) in [4.78, 5) is 25.1. The van der Waals surface area contributed by atoms with Gasteiger partial charge in [0.1, 0.15) is 0 Å². The molecule has 1 aliphatic heterocycles. The lowest BCUT2D eigenvalue weighted by Gasteiger charge is -2.39. The number of carboxylic acid groups (broad SMARTS) is 1. The summed E-state index contributed by atoms with van der Waals surface area (Å²) in [6.45, 7) is 4.08. The fraction of sp³-hybridized carbons (Fsp3) is 0.333. The third-order valence-corrected chi connectivity index (χ3v) is 5.04. The van der Waals surface area contributed by atoms with Gasteiger partial charge in [0.25, 0.3) is 0 Å². The number of carbonyl (C=O) groups is 2. The highest BCUT2D eigenvalue weighted by Crippen LogP contribution is 2.39. The summed E-state index contributed by atoms with van der Waals surface area (Å²) < 4.78 is 0. The van der Waals surface area contributed by atoms with Gasteiger partial charge in [-0.15, -0.1) is 12.4 Å². The molecule has 0 aliphatic carbocycles. The van der Waals surface area contributed by atoms with Crippen molar-refractivity contribution in [2.75, 3.05) is 11.4 Å². The summed E-state index contributed by atoms with van der Waals surface area (Å²) in [5.74, 6) is -0.0450. The van der Waals surface area contributed by atoms with Crippen molar-refractivity contribution >= 4 is 30.1 Å². The lowest BCUT2D eigenvalue weighted by atomic mass is 9.89. The van der Waals surface area contributed by atoms with E-state index in [1.165, 1.54) is 12.5 Å². The van der Waals surface area contributed by atoms with Gasteiger partial charge in [-0.3, -0.25) is 4.79 Å². The second-order valence-electron chi connectivity index (χ2n) is 6.99. The molecule has 1 heterocycles. The highest BCUT2D eigenvalue weighted by Gasteiger charge is 2.33. The van der Waals surface area contributed by atoms with Gasteiger partial charge >= 0.3 is 6.09 Å². The molecule has 2 atom stereocenters. The smallest absolute Gasteiger partial charge is 0.405 e. The zero-order chi connectivity index (χ0) is 19.6. The maximum absolute atomic E-state index is 12.1. The van der Waals surface area contributed by atoms with Crippen LogP contribution in [0.3, 0.4) is 0 Å². The van der Waals surface area contributed by atoms with Crippen molar-refractivity contribution in [3.05, 3.63) is 53.6 Å². The summed E-state index contributed by atoms with van der Waals surface area (Å²) in [5.41, 5.74) is 10.4. The van der Waals surface area contributed by atoms with E-state index in [9.17, 15) is 14.7 Å². The number of benzene rings is 2. The van der Waals surface area contributed by atoms with Crippen LogP contribution in [0.15, 0.2) is 42.5 Å². The van der Waals surface area contributed by atoms with Gasteiger partial charge in [-0.25, -0.2) is 4.79 Å². The number of amides is 2. The zero-order valence-electron chi connectivity index (χ0n) is 16.0. The normalized spacial score (nSPS) is 18.0. The number of nitrogens with one attached hydrogen (secondary N) is 1. The minimum absolute atomic E-state index is 0. The molecule has 150 valence electrons. The van der Waals surface area contributed by atoms with Crippen LogP contribution in [0.4, 0.5) is 10.5 Å². The van der Waals surface area contributed by atoms with Crippen LogP contribution in [-0.2, 0) is 11.2 Å². The molecule has 0 radical (unpaired) electrons. The Morgan fingerprint density at radius 2 is 1.82 bits per heavy atom. The molecular formula is C21H26ClN3O3. The number of halogens is 1. The van der Waals surface area contributed by atoms with Gasteiger partial charge in [0.15, 0.2) is 0 Å². The minimum Gasteiger partial charge on any atom is -0.465 e. The number of hydrogen-bond donors (Lipinski definition) is 3. The molecule has 7 heteroatoms. The average molecular weight is 404 g/mol. The molecule has 1 aliphatic rings. The Kier molecular flexibility index (Phi) is 7.05. The van der Waals surface area contributed by atoms with E-state index in [0.717, 1.165) is 28.8 Å². The summed E-state index contributed by atoms with van der Waals surface area (Å²) in [7, 11) is 0. The van der Waals surface area contributed by atoms with Crippen LogP contribution in [0.25, 0.3) is 11.1 Å². The third-order valence-electron chi connectivity index (χ3n) is 5.04. The number of fused-ring (bicyclic) bond motifs is 1. The van der Waals surface area contributed by atoms with Gasteiger partial charge in [-0.05, 0) is 60.7 Å². The zero-order valence-corrected chi connectivity index (χ0v) is 16.8. The van der Waals surface area contributed by atoms with E-state index >= 15 is 0 Å². The fourth-order valence-electron chi connectivity index (χ4n) is 3.84.